The minimum atomic E-state index is -0.0449. The Balaban J connectivity index is 2.10. The third-order valence-electron chi connectivity index (χ3n) is 3.62. The number of hydrogen-bond acceptors (Lipinski definition) is 2. The topological polar surface area (TPSA) is 34.9 Å². The Morgan fingerprint density at radius 2 is 1.55 bits per heavy atom. The van der Waals surface area contributed by atoms with Gasteiger partial charge in [-0.1, -0.05) is 60.7 Å². The average Bonchev–Trinajstić information content (AvgIpc) is 3.01. The van der Waals surface area contributed by atoms with Crippen LogP contribution in [0.4, 0.5) is 0 Å². The number of aromatic nitrogens is 2. The van der Waals surface area contributed by atoms with Crippen LogP contribution in [-0.4, -0.2) is 15.3 Å². The predicted molar refractivity (Wildman–Crippen MR) is 87.9 cm³/mol. The molecule has 3 nitrogen and oxygen atoms in total. The highest BCUT2D eigenvalue weighted by atomic mass is 16.1. The molecule has 0 saturated carbocycles. The van der Waals surface area contributed by atoms with Gasteiger partial charge in [0, 0.05) is 11.6 Å². The van der Waals surface area contributed by atoms with E-state index in [4.69, 9.17) is 0 Å². The number of carbonyl (C=O) groups excluding carboxylic acids is 1. The maximum Gasteiger partial charge on any atom is 0.228 e. The quantitative estimate of drug-likeness (QED) is 0.669. The summed E-state index contributed by atoms with van der Waals surface area (Å²) in [5.74, 6) is 0.441. The molecule has 0 radical (unpaired) electrons. The first-order chi connectivity index (χ1) is 10.7. The van der Waals surface area contributed by atoms with E-state index in [1.165, 1.54) is 0 Å². The molecule has 0 amide bonds. The third kappa shape index (κ3) is 2.58. The molecule has 0 saturated heterocycles. The average molecular weight is 290 g/mol. The van der Waals surface area contributed by atoms with Crippen molar-refractivity contribution in [1.82, 2.24) is 9.55 Å². The van der Waals surface area contributed by atoms with Crippen molar-refractivity contribution in [2.45, 2.75) is 19.9 Å². The monoisotopic (exact) mass is 290 g/mol. The zero-order valence-corrected chi connectivity index (χ0v) is 12.7. The molecular weight excluding hydrogens is 272 g/mol. The zero-order valence-electron chi connectivity index (χ0n) is 12.7. The van der Waals surface area contributed by atoms with Gasteiger partial charge in [-0.05, 0) is 19.4 Å². The summed E-state index contributed by atoms with van der Waals surface area (Å²) in [6, 6.07) is 19.5. The standard InChI is InChI=1S/C19H18N2O/c1-14(2)21-17(15-9-5-3-6-10-15)13-20-19(21)18(22)16-11-7-4-8-12-16/h3-14H,1-2H3. The van der Waals surface area contributed by atoms with E-state index in [9.17, 15) is 4.79 Å². The number of carbonyl (C=O) groups is 1. The van der Waals surface area contributed by atoms with Gasteiger partial charge in [0.1, 0.15) is 0 Å². The number of imidazole rings is 1. The second-order valence-corrected chi connectivity index (χ2v) is 5.49. The fourth-order valence-corrected chi connectivity index (χ4v) is 2.59. The number of nitrogens with zero attached hydrogens (tertiary/aromatic N) is 2. The number of ketones is 1. The highest BCUT2D eigenvalue weighted by molar-refractivity contribution is 6.07. The molecule has 1 heterocycles. The Labute approximate surface area is 130 Å². The summed E-state index contributed by atoms with van der Waals surface area (Å²) in [6.45, 7) is 4.13. The third-order valence-corrected chi connectivity index (χ3v) is 3.62. The maximum atomic E-state index is 12.7. The van der Waals surface area contributed by atoms with Crippen LogP contribution in [0.25, 0.3) is 11.3 Å². The largest absolute Gasteiger partial charge is 0.319 e. The van der Waals surface area contributed by atoms with E-state index in [2.05, 4.69) is 18.8 Å². The minimum absolute atomic E-state index is 0.0449. The van der Waals surface area contributed by atoms with Crippen LogP contribution in [-0.2, 0) is 0 Å². The molecule has 0 fully saturated rings. The molecule has 2 aromatic carbocycles. The van der Waals surface area contributed by atoms with E-state index >= 15 is 0 Å². The molecule has 0 unspecified atom stereocenters. The fraction of sp³-hybridized carbons (Fsp3) is 0.158. The van der Waals surface area contributed by atoms with Gasteiger partial charge in [0.2, 0.25) is 5.78 Å². The van der Waals surface area contributed by atoms with Crippen molar-refractivity contribution in [3.63, 3.8) is 0 Å². The van der Waals surface area contributed by atoms with E-state index in [1.807, 2.05) is 65.2 Å². The molecule has 3 aromatic rings. The van der Waals surface area contributed by atoms with Gasteiger partial charge >= 0.3 is 0 Å². The predicted octanol–water partition coefficient (Wildman–Crippen LogP) is 4.36. The molecule has 0 atom stereocenters. The van der Waals surface area contributed by atoms with Crippen LogP contribution in [0.1, 0.15) is 36.1 Å². The fourth-order valence-electron chi connectivity index (χ4n) is 2.59. The molecule has 0 spiro atoms. The lowest BCUT2D eigenvalue weighted by Gasteiger charge is -2.15. The Hall–Kier alpha value is -2.68. The second kappa shape index (κ2) is 5.98. The van der Waals surface area contributed by atoms with E-state index in [0.29, 0.717) is 11.4 Å². The molecule has 1 aromatic heterocycles. The first-order valence-electron chi connectivity index (χ1n) is 7.41. The normalized spacial score (nSPS) is 10.9. The van der Waals surface area contributed by atoms with Crippen LogP contribution in [0.2, 0.25) is 0 Å². The van der Waals surface area contributed by atoms with Crippen molar-refractivity contribution < 1.29 is 4.79 Å². The van der Waals surface area contributed by atoms with Gasteiger partial charge in [-0.25, -0.2) is 4.98 Å². The van der Waals surface area contributed by atoms with Crippen molar-refractivity contribution in [1.29, 1.82) is 0 Å². The first-order valence-corrected chi connectivity index (χ1v) is 7.41. The minimum Gasteiger partial charge on any atom is -0.319 e. The molecule has 0 aliphatic heterocycles. The molecule has 3 rings (SSSR count). The van der Waals surface area contributed by atoms with Gasteiger partial charge in [0.05, 0.1) is 11.9 Å². The van der Waals surface area contributed by atoms with Crippen molar-refractivity contribution in [3.05, 3.63) is 78.2 Å². The highest BCUT2D eigenvalue weighted by Gasteiger charge is 2.20. The molecule has 22 heavy (non-hydrogen) atoms. The van der Waals surface area contributed by atoms with E-state index in [-0.39, 0.29) is 11.8 Å². The molecule has 0 aliphatic carbocycles. The van der Waals surface area contributed by atoms with Gasteiger partial charge in [0.25, 0.3) is 0 Å². The summed E-state index contributed by atoms with van der Waals surface area (Å²) in [5, 5.41) is 0. The summed E-state index contributed by atoms with van der Waals surface area (Å²) >= 11 is 0. The van der Waals surface area contributed by atoms with Crippen molar-refractivity contribution in [3.8, 4) is 11.3 Å². The van der Waals surface area contributed by atoms with Gasteiger partial charge in [0.15, 0.2) is 5.82 Å². The van der Waals surface area contributed by atoms with Crippen LogP contribution in [0, 0.1) is 0 Å². The van der Waals surface area contributed by atoms with Crippen LogP contribution in [0.5, 0.6) is 0 Å². The van der Waals surface area contributed by atoms with Crippen molar-refractivity contribution in [2.24, 2.45) is 0 Å². The van der Waals surface area contributed by atoms with Crippen LogP contribution >= 0.6 is 0 Å². The van der Waals surface area contributed by atoms with Crippen LogP contribution in [0.15, 0.2) is 66.9 Å². The number of benzene rings is 2. The second-order valence-electron chi connectivity index (χ2n) is 5.49. The zero-order chi connectivity index (χ0) is 15.5. The van der Waals surface area contributed by atoms with Crippen molar-refractivity contribution in [2.75, 3.05) is 0 Å². The molecule has 0 bridgehead atoms. The highest BCUT2D eigenvalue weighted by Crippen LogP contribution is 2.25. The molecule has 110 valence electrons. The van der Waals surface area contributed by atoms with Gasteiger partial charge in [-0.3, -0.25) is 4.79 Å². The lowest BCUT2D eigenvalue weighted by Crippen LogP contribution is -2.14. The number of hydrogen-bond donors (Lipinski definition) is 0. The molecular formula is C19H18N2O. The van der Waals surface area contributed by atoms with E-state index in [0.717, 1.165) is 11.3 Å². The summed E-state index contributed by atoms with van der Waals surface area (Å²) < 4.78 is 2.00. The molecule has 0 N–H and O–H groups in total. The Bertz CT molecular complexity index is 774. The van der Waals surface area contributed by atoms with Gasteiger partial charge < -0.3 is 4.57 Å². The van der Waals surface area contributed by atoms with Crippen LogP contribution < -0.4 is 0 Å². The summed E-state index contributed by atoms with van der Waals surface area (Å²) in [7, 11) is 0. The smallest absolute Gasteiger partial charge is 0.228 e. The summed E-state index contributed by atoms with van der Waals surface area (Å²) in [4.78, 5) is 17.1. The lowest BCUT2D eigenvalue weighted by molar-refractivity contribution is 0.102. The Kier molecular flexibility index (Phi) is 3.88. The number of rotatable bonds is 4. The lowest BCUT2D eigenvalue weighted by atomic mass is 10.1. The summed E-state index contributed by atoms with van der Waals surface area (Å²) in [6.07, 6.45) is 1.78. The maximum absolute atomic E-state index is 12.7. The van der Waals surface area contributed by atoms with Gasteiger partial charge in [-0.15, -0.1) is 0 Å². The summed E-state index contributed by atoms with van der Waals surface area (Å²) in [5.41, 5.74) is 2.69. The Morgan fingerprint density at radius 1 is 0.955 bits per heavy atom. The molecule has 3 heteroatoms. The van der Waals surface area contributed by atoms with Gasteiger partial charge in [-0.2, -0.15) is 0 Å². The SMILES string of the molecule is CC(C)n1c(-c2ccccc2)cnc1C(=O)c1ccccc1. The first kappa shape index (κ1) is 14.3. The van der Waals surface area contributed by atoms with E-state index in [1.54, 1.807) is 6.20 Å². The molecule has 0 aliphatic rings. The van der Waals surface area contributed by atoms with Crippen LogP contribution in [0.3, 0.4) is 0 Å². The Morgan fingerprint density at radius 3 is 2.14 bits per heavy atom. The van der Waals surface area contributed by atoms with Crippen molar-refractivity contribution >= 4 is 5.78 Å². The van der Waals surface area contributed by atoms with E-state index < -0.39 is 0 Å².